The SMILES string of the molecule is NC(=S)c1cc2c(nc1NCC1CCC1)CCCC2. The Morgan fingerprint density at radius 1 is 1.32 bits per heavy atom. The van der Waals surface area contributed by atoms with E-state index in [1.807, 2.05) is 0 Å². The van der Waals surface area contributed by atoms with E-state index in [0.29, 0.717) is 4.99 Å². The third-order valence-corrected chi connectivity index (χ3v) is 4.57. The van der Waals surface area contributed by atoms with Crippen LogP contribution in [-0.4, -0.2) is 16.5 Å². The summed E-state index contributed by atoms with van der Waals surface area (Å²) in [5.41, 5.74) is 9.35. The van der Waals surface area contributed by atoms with Crippen LogP contribution in [0.1, 0.15) is 48.9 Å². The highest BCUT2D eigenvalue weighted by Gasteiger charge is 2.20. The summed E-state index contributed by atoms with van der Waals surface area (Å²) in [7, 11) is 0. The molecule has 0 spiro atoms. The lowest BCUT2D eigenvalue weighted by molar-refractivity contribution is 0.333. The molecule has 0 atom stereocenters. The molecule has 102 valence electrons. The van der Waals surface area contributed by atoms with Gasteiger partial charge in [-0.2, -0.15) is 0 Å². The topological polar surface area (TPSA) is 50.9 Å². The Kier molecular flexibility index (Phi) is 3.69. The minimum Gasteiger partial charge on any atom is -0.389 e. The minimum atomic E-state index is 0.456. The molecule has 4 heteroatoms. The fourth-order valence-corrected chi connectivity index (χ4v) is 3.05. The van der Waals surface area contributed by atoms with Crippen LogP contribution >= 0.6 is 12.2 Å². The van der Waals surface area contributed by atoms with Crippen LogP contribution in [-0.2, 0) is 12.8 Å². The van der Waals surface area contributed by atoms with E-state index < -0.39 is 0 Å². The summed E-state index contributed by atoms with van der Waals surface area (Å²) in [5.74, 6) is 1.71. The van der Waals surface area contributed by atoms with Gasteiger partial charge in [0.15, 0.2) is 0 Å². The maximum Gasteiger partial charge on any atom is 0.136 e. The van der Waals surface area contributed by atoms with Gasteiger partial charge >= 0.3 is 0 Å². The number of fused-ring (bicyclic) bond motifs is 1. The molecule has 2 aliphatic carbocycles. The van der Waals surface area contributed by atoms with Crippen LogP contribution in [0.2, 0.25) is 0 Å². The van der Waals surface area contributed by atoms with E-state index in [1.54, 1.807) is 0 Å². The van der Waals surface area contributed by atoms with Gasteiger partial charge in [-0.3, -0.25) is 0 Å². The number of aryl methyl sites for hydroxylation is 2. The largest absolute Gasteiger partial charge is 0.389 e. The van der Waals surface area contributed by atoms with Crippen molar-refractivity contribution >= 4 is 23.0 Å². The molecule has 0 unspecified atom stereocenters. The number of nitrogens with one attached hydrogen (secondary N) is 1. The summed E-state index contributed by atoms with van der Waals surface area (Å²) in [6.07, 6.45) is 8.73. The summed E-state index contributed by atoms with van der Waals surface area (Å²) in [4.78, 5) is 5.24. The zero-order valence-corrected chi connectivity index (χ0v) is 12.1. The number of aromatic nitrogens is 1. The highest BCUT2D eigenvalue weighted by atomic mass is 32.1. The Bertz CT molecular complexity index is 494. The smallest absolute Gasteiger partial charge is 0.136 e. The van der Waals surface area contributed by atoms with E-state index in [-0.39, 0.29) is 0 Å². The summed E-state index contributed by atoms with van der Waals surface area (Å²) < 4.78 is 0. The fraction of sp³-hybridized carbons (Fsp3) is 0.600. The highest BCUT2D eigenvalue weighted by molar-refractivity contribution is 7.80. The molecule has 1 saturated carbocycles. The summed E-state index contributed by atoms with van der Waals surface area (Å²) in [6, 6.07) is 2.16. The van der Waals surface area contributed by atoms with Crippen molar-refractivity contribution in [3.63, 3.8) is 0 Å². The highest BCUT2D eigenvalue weighted by Crippen LogP contribution is 2.28. The van der Waals surface area contributed by atoms with E-state index in [4.69, 9.17) is 22.9 Å². The zero-order valence-electron chi connectivity index (χ0n) is 11.2. The average molecular weight is 275 g/mol. The standard InChI is InChI=1S/C15H21N3S/c16-14(19)12-8-11-6-1-2-7-13(11)18-15(12)17-9-10-4-3-5-10/h8,10H,1-7,9H2,(H2,16,19)(H,17,18). The molecule has 3 rings (SSSR count). The van der Waals surface area contributed by atoms with E-state index in [2.05, 4.69) is 11.4 Å². The van der Waals surface area contributed by atoms with E-state index in [9.17, 15) is 0 Å². The first-order valence-corrected chi connectivity index (χ1v) is 7.71. The van der Waals surface area contributed by atoms with Gasteiger partial charge in [-0.1, -0.05) is 18.6 Å². The van der Waals surface area contributed by atoms with Gasteiger partial charge in [0.25, 0.3) is 0 Å². The van der Waals surface area contributed by atoms with Crippen LogP contribution in [0.5, 0.6) is 0 Å². The maximum atomic E-state index is 5.85. The number of hydrogen-bond acceptors (Lipinski definition) is 3. The zero-order chi connectivity index (χ0) is 13.2. The van der Waals surface area contributed by atoms with Gasteiger partial charge in [0, 0.05) is 12.2 Å². The molecule has 0 saturated heterocycles. The van der Waals surface area contributed by atoms with Crippen molar-refractivity contribution in [2.75, 3.05) is 11.9 Å². The lowest BCUT2D eigenvalue weighted by Gasteiger charge is -2.26. The van der Waals surface area contributed by atoms with Crippen LogP contribution in [0.15, 0.2) is 6.07 Å². The van der Waals surface area contributed by atoms with Crippen molar-refractivity contribution in [2.45, 2.75) is 44.9 Å². The second-order valence-corrected chi connectivity index (χ2v) is 6.18. The first kappa shape index (κ1) is 12.9. The Hall–Kier alpha value is -1.16. The second-order valence-electron chi connectivity index (χ2n) is 5.74. The molecule has 0 amide bonds. The molecule has 1 aromatic rings. The van der Waals surface area contributed by atoms with Crippen molar-refractivity contribution in [3.8, 4) is 0 Å². The van der Waals surface area contributed by atoms with Crippen molar-refractivity contribution in [1.82, 2.24) is 4.98 Å². The van der Waals surface area contributed by atoms with E-state index in [0.717, 1.165) is 36.7 Å². The van der Waals surface area contributed by atoms with E-state index in [1.165, 1.54) is 43.4 Å². The predicted molar refractivity (Wildman–Crippen MR) is 82.6 cm³/mol. The molecule has 1 heterocycles. The normalized spacial score (nSPS) is 18.5. The molecule has 1 aromatic heterocycles. The van der Waals surface area contributed by atoms with Crippen LogP contribution in [0.25, 0.3) is 0 Å². The lowest BCUT2D eigenvalue weighted by atomic mass is 9.85. The number of rotatable bonds is 4. The minimum absolute atomic E-state index is 0.456. The maximum absolute atomic E-state index is 5.85. The fourth-order valence-electron chi connectivity index (χ4n) is 2.89. The van der Waals surface area contributed by atoms with Crippen molar-refractivity contribution in [1.29, 1.82) is 0 Å². The predicted octanol–water partition coefficient (Wildman–Crippen LogP) is 2.81. The van der Waals surface area contributed by atoms with E-state index >= 15 is 0 Å². The number of nitrogens with zero attached hydrogens (tertiary/aromatic N) is 1. The Morgan fingerprint density at radius 3 is 2.79 bits per heavy atom. The molecule has 0 aromatic carbocycles. The Morgan fingerprint density at radius 2 is 2.11 bits per heavy atom. The van der Waals surface area contributed by atoms with Gasteiger partial charge in [0.05, 0.1) is 5.56 Å². The number of thiocarbonyl (C=S) groups is 1. The summed E-state index contributed by atoms with van der Waals surface area (Å²) in [5, 5.41) is 3.47. The van der Waals surface area contributed by atoms with Crippen molar-refractivity contribution < 1.29 is 0 Å². The first-order valence-electron chi connectivity index (χ1n) is 7.30. The van der Waals surface area contributed by atoms with Crippen LogP contribution in [0.4, 0.5) is 5.82 Å². The van der Waals surface area contributed by atoms with Crippen LogP contribution in [0, 0.1) is 5.92 Å². The number of anilines is 1. The molecule has 19 heavy (non-hydrogen) atoms. The van der Waals surface area contributed by atoms with Crippen molar-refractivity contribution in [2.24, 2.45) is 11.7 Å². The number of pyridine rings is 1. The Labute approximate surface area is 120 Å². The average Bonchev–Trinajstić information content (AvgIpc) is 2.36. The first-order chi connectivity index (χ1) is 9.24. The quantitative estimate of drug-likeness (QED) is 0.830. The molecule has 1 fully saturated rings. The van der Waals surface area contributed by atoms with Gasteiger partial charge in [0.1, 0.15) is 10.8 Å². The Balaban J connectivity index is 1.84. The second kappa shape index (κ2) is 5.45. The third-order valence-electron chi connectivity index (χ3n) is 4.35. The molecule has 3 N–H and O–H groups in total. The molecule has 2 aliphatic rings. The molecule has 0 aliphatic heterocycles. The van der Waals surface area contributed by atoms with Gasteiger partial charge in [-0.15, -0.1) is 0 Å². The van der Waals surface area contributed by atoms with Gasteiger partial charge in [0.2, 0.25) is 0 Å². The molecule has 0 radical (unpaired) electrons. The summed E-state index contributed by atoms with van der Waals surface area (Å²) >= 11 is 5.17. The monoisotopic (exact) mass is 275 g/mol. The lowest BCUT2D eigenvalue weighted by Crippen LogP contribution is -2.24. The molecule has 3 nitrogen and oxygen atoms in total. The molecule has 0 bridgehead atoms. The number of hydrogen-bond donors (Lipinski definition) is 2. The van der Waals surface area contributed by atoms with Crippen molar-refractivity contribution in [3.05, 3.63) is 22.9 Å². The number of nitrogens with two attached hydrogens (primary N) is 1. The van der Waals surface area contributed by atoms with Gasteiger partial charge < -0.3 is 11.1 Å². The van der Waals surface area contributed by atoms with Gasteiger partial charge in [-0.05, 0) is 56.1 Å². The van der Waals surface area contributed by atoms with Crippen LogP contribution in [0.3, 0.4) is 0 Å². The molecular formula is C15H21N3S. The van der Waals surface area contributed by atoms with Gasteiger partial charge in [-0.25, -0.2) is 4.98 Å². The third kappa shape index (κ3) is 2.73. The van der Waals surface area contributed by atoms with Crippen LogP contribution < -0.4 is 11.1 Å². The summed E-state index contributed by atoms with van der Waals surface area (Å²) in [6.45, 7) is 1.00. The molecular weight excluding hydrogens is 254 g/mol.